The van der Waals surface area contributed by atoms with Crippen LogP contribution in [-0.4, -0.2) is 64.2 Å². The maximum atomic E-state index is 12.9. The molecular weight excluding hydrogens is 418 g/mol. The van der Waals surface area contributed by atoms with Gasteiger partial charge in [-0.15, -0.1) is 0 Å². The smallest absolute Gasteiger partial charge is 0.243 e. The van der Waals surface area contributed by atoms with E-state index in [9.17, 15) is 8.42 Å². The second-order valence-electron chi connectivity index (χ2n) is 7.76. The number of hydrogen-bond acceptors (Lipinski definition) is 7. The zero-order valence-corrected chi connectivity index (χ0v) is 18.8. The van der Waals surface area contributed by atoms with Gasteiger partial charge in [0.2, 0.25) is 15.8 Å². The second kappa shape index (κ2) is 9.32. The van der Waals surface area contributed by atoms with Gasteiger partial charge >= 0.3 is 0 Å². The summed E-state index contributed by atoms with van der Waals surface area (Å²) >= 11 is 0. The Morgan fingerprint density at radius 3 is 2.23 bits per heavy atom. The molecule has 8 nitrogen and oxygen atoms in total. The van der Waals surface area contributed by atoms with Crippen LogP contribution in [0.15, 0.2) is 41.4 Å². The normalized spacial score (nSPS) is 18.2. The molecule has 0 bridgehead atoms. The zero-order valence-electron chi connectivity index (χ0n) is 18.0. The zero-order chi connectivity index (χ0) is 21.8. The molecule has 2 saturated heterocycles. The maximum Gasteiger partial charge on any atom is 0.243 e. The Bertz CT molecular complexity index is 978. The third kappa shape index (κ3) is 4.57. The summed E-state index contributed by atoms with van der Waals surface area (Å²) in [4.78, 5) is 6.86. The van der Waals surface area contributed by atoms with Crippen molar-refractivity contribution in [2.45, 2.75) is 36.7 Å². The summed E-state index contributed by atoms with van der Waals surface area (Å²) in [5.41, 5.74) is 0. The summed E-state index contributed by atoms with van der Waals surface area (Å²) in [6.07, 6.45) is 5.00. The minimum atomic E-state index is -3.45. The molecule has 0 saturated carbocycles. The fourth-order valence-corrected chi connectivity index (χ4v) is 5.64. The van der Waals surface area contributed by atoms with Crippen LogP contribution < -0.4 is 19.1 Å². The van der Waals surface area contributed by atoms with Crippen LogP contribution in [0.25, 0.3) is 0 Å². The van der Waals surface area contributed by atoms with Crippen molar-refractivity contribution in [2.75, 3.05) is 45.3 Å². The number of nitrogens with zero attached hydrogens (tertiary/aromatic N) is 3. The van der Waals surface area contributed by atoms with Gasteiger partial charge in [0.05, 0.1) is 19.1 Å². The van der Waals surface area contributed by atoms with E-state index in [0.717, 1.165) is 38.8 Å². The van der Waals surface area contributed by atoms with Gasteiger partial charge in [-0.3, -0.25) is 0 Å². The highest BCUT2D eigenvalue weighted by molar-refractivity contribution is 7.89. The molecule has 0 atom stereocenters. The molecule has 1 aromatic carbocycles. The van der Waals surface area contributed by atoms with Crippen molar-refractivity contribution in [3.8, 4) is 17.2 Å². The summed E-state index contributed by atoms with van der Waals surface area (Å²) in [5.74, 6) is 2.59. The summed E-state index contributed by atoms with van der Waals surface area (Å²) in [7, 11) is -0.232. The van der Waals surface area contributed by atoms with Crippen molar-refractivity contribution in [1.82, 2.24) is 9.29 Å². The number of ether oxygens (including phenoxy) is 3. The minimum Gasteiger partial charge on any atom is -0.493 e. The van der Waals surface area contributed by atoms with Gasteiger partial charge in [0.1, 0.15) is 11.9 Å². The third-order valence-electron chi connectivity index (χ3n) is 5.85. The van der Waals surface area contributed by atoms with Crippen molar-refractivity contribution in [3.63, 3.8) is 0 Å². The lowest BCUT2D eigenvalue weighted by Gasteiger charge is -2.33. The average Bonchev–Trinajstić information content (AvgIpc) is 3.36. The molecule has 3 heterocycles. The Hall–Kier alpha value is -2.52. The predicted octanol–water partition coefficient (Wildman–Crippen LogP) is 2.93. The summed E-state index contributed by atoms with van der Waals surface area (Å²) in [6.45, 7) is 2.63. The molecule has 2 aromatic rings. The molecule has 2 aliphatic rings. The Morgan fingerprint density at radius 1 is 0.968 bits per heavy atom. The average molecular weight is 448 g/mol. The summed E-state index contributed by atoms with van der Waals surface area (Å²) < 4.78 is 44.4. The number of anilines is 1. The number of aromatic nitrogens is 1. The van der Waals surface area contributed by atoms with Crippen LogP contribution in [0.5, 0.6) is 17.2 Å². The van der Waals surface area contributed by atoms with E-state index in [1.54, 1.807) is 36.9 Å². The van der Waals surface area contributed by atoms with Crippen molar-refractivity contribution in [2.24, 2.45) is 0 Å². The van der Waals surface area contributed by atoms with Crippen molar-refractivity contribution in [1.29, 1.82) is 0 Å². The van der Waals surface area contributed by atoms with Gasteiger partial charge in [0.25, 0.3) is 0 Å². The molecular formula is C22H29N3O5S. The lowest BCUT2D eigenvalue weighted by molar-refractivity contribution is 0.158. The monoisotopic (exact) mass is 447 g/mol. The fraction of sp³-hybridized carbons (Fsp3) is 0.500. The van der Waals surface area contributed by atoms with Crippen LogP contribution in [0.1, 0.15) is 25.7 Å². The molecule has 9 heteroatoms. The lowest BCUT2D eigenvalue weighted by Crippen LogP contribution is -2.39. The quantitative estimate of drug-likeness (QED) is 0.645. The van der Waals surface area contributed by atoms with E-state index in [2.05, 4.69) is 9.88 Å². The van der Waals surface area contributed by atoms with E-state index in [1.807, 2.05) is 18.2 Å². The molecule has 0 radical (unpaired) electrons. The van der Waals surface area contributed by atoms with Gasteiger partial charge in [-0.25, -0.2) is 13.4 Å². The van der Waals surface area contributed by atoms with Gasteiger partial charge in [0, 0.05) is 51.3 Å². The SMILES string of the molecule is COc1cccc(OC)c1OC1CCN(c2cc(S(=O)(=O)N3CCCC3)ccn2)CC1. The molecule has 0 amide bonds. The first-order valence-corrected chi connectivity index (χ1v) is 12.1. The first kappa shape index (κ1) is 21.7. The summed E-state index contributed by atoms with van der Waals surface area (Å²) in [5, 5.41) is 0. The van der Waals surface area contributed by atoms with Crippen LogP contribution in [0.4, 0.5) is 5.82 Å². The molecule has 1 aromatic heterocycles. The number of para-hydroxylation sites is 1. The third-order valence-corrected chi connectivity index (χ3v) is 7.75. The van der Waals surface area contributed by atoms with E-state index >= 15 is 0 Å². The van der Waals surface area contributed by atoms with E-state index in [-0.39, 0.29) is 6.10 Å². The molecule has 0 spiro atoms. The molecule has 4 rings (SSSR count). The lowest BCUT2D eigenvalue weighted by atomic mass is 10.1. The van der Waals surface area contributed by atoms with Crippen molar-refractivity contribution >= 4 is 15.8 Å². The highest BCUT2D eigenvalue weighted by Crippen LogP contribution is 2.38. The molecule has 2 aliphatic heterocycles. The number of rotatable bonds is 7. The number of benzene rings is 1. The second-order valence-corrected chi connectivity index (χ2v) is 9.69. The Labute approximate surface area is 183 Å². The Kier molecular flexibility index (Phi) is 6.52. The van der Waals surface area contributed by atoms with Crippen LogP contribution in [-0.2, 0) is 10.0 Å². The van der Waals surface area contributed by atoms with Crippen LogP contribution in [0.2, 0.25) is 0 Å². The van der Waals surface area contributed by atoms with Crippen LogP contribution >= 0.6 is 0 Å². The standard InChI is InChI=1S/C22H29N3O5S/c1-28-19-6-5-7-20(29-2)22(19)30-17-9-14-24(15-10-17)21-16-18(8-11-23-21)31(26,27)25-12-3-4-13-25/h5-8,11,16-17H,3-4,9-10,12-15H2,1-2H3. The highest BCUT2D eigenvalue weighted by atomic mass is 32.2. The topological polar surface area (TPSA) is 81.2 Å². The molecule has 0 N–H and O–H groups in total. The number of pyridine rings is 1. The van der Waals surface area contributed by atoms with Gasteiger partial charge < -0.3 is 19.1 Å². The minimum absolute atomic E-state index is 0.0120. The van der Waals surface area contributed by atoms with Gasteiger partial charge in [-0.2, -0.15) is 4.31 Å². The van der Waals surface area contributed by atoms with Crippen LogP contribution in [0.3, 0.4) is 0 Å². The van der Waals surface area contributed by atoms with Crippen LogP contribution in [0, 0.1) is 0 Å². The van der Waals surface area contributed by atoms with Gasteiger partial charge in [-0.1, -0.05) is 6.07 Å². The van der Waals surface area contributed by atoms with E-state index in [1.165, 1.54) is 0 Å². The van der Waals surface area contributed by atoms with E-state index < -0.39 is 10.0 Å². The largest absolute Gasteiger partial charge is 0.493 e. The highest BCUT2D eigenvalue weighted by Gasteiger charge is 2.29. The Morgan fingerprint density at radius 2 is 1.61 bits per heavy atom. The van der Waals surface area contributed by atoms with E-state index in [4.69, 9.17) is 14.2 Å². The van der Waals surface area contributed by atoms with E-state index in [0.29, 0.717) is 41.1 Å². The maximum absolute atomic E-state index is 12.9. The van der Waals surface area contributed by atoms with Gasteiger partial charge in [0.15, 0.2) is 11.5 Å². The number of sulfonamides is 1. The first-order chi connectivity index (χ1) is 15.0. The molecule has 31 heavy (non-hydrogen) atoms. The Balaban J connectivity index is 1.43. The van der Waals surface area contributed by atoms with Crippen molar-refractivity contribution in [3.05, 3.63) is 36.5 Å². The summed E-state index contributed by atoms with van der Waals surface area (Å²) in [6, 6.07) is 8.84. The number of hydrogen-bond donors (Lipinski definition) is 0. The molecule has 168 valence electrons. The van der Waals surface area contributed by atoms with Crippen molar-refractivity contribution < 1.29 is 22.6 Å². The molecule has 0 aliphatic carbocycles. The van der Waals surface area contributed by atoms with Gasteiger partial charge in [-0.05, 0) is 31.0 Å². The number of methoxy groups -OCH3 is 2. The number of piperidine rings is 1. The molecule has 0 unspecified atom stereocenters. The first-order valence-electron chi connectivity index (χ1n) is 10.6. The molecule has 2 fully saturated rings. The fourth-order valence-electron chi connectivity index (χ4n) is 4.11. The predicted molar refractivity (Wildman–Crippen MR) is 118 cm³/mol.